The minimum atomic E-state index is -0.0830. The van der Waals surface area contributed by atoms with Gasteiger partial charge in [-0.15, -0.1) is 0 Å². The Kier molecular flexibility index (Phi) is 4.57. The van der Waals surface area contributed by atoms with Crippen molar-refractivity contribution in [3.05, 3.63) is 29.8 Å². The zero-order chi connectivity index (χ0) is 12.8. The van der Waals surface area contributed by atoms with Crippen molar-refractivity contribution in [3.63, 3.8) is 0 Å². The molecule has 1 aromatic rings. The third kappa shape index (κ3) is 3.46. The predicted molar refractivity (Wildman–Crippen MR) is 69.4 cm³/mol. The summed E-state index contributed by atoms with van der Waals surface area (Å²) in [5.41, 5.74) is 1.73. The van der Waals surface area contributed by atoms with Crippen molar-refractivity contribution in [2.45, 2.75) is 19.1 Å². The van der Waals surface area contributed by atoms with E-state index in [1.807, 2.05) is 31.3 Å². The van der Waals surface area contributed by atoms with Crippen LogP contribution in [0.2, 0.25) is 0 Å². The van der Waals surface area contributed by atoms with Crippen LogP contribution in [0.25, 0.3) is 0 Å². The molecule has 1 fully saturated rings. The van der Waals surface area contributed by atoms with E-state index < -0.39 is 0 Å². The summed E-state index contributed by atoms with van der Waals surface area (Å²) in [5.74, 6) is 0. The van der Waals surface area contributed by atoms with Crippen molar-refractivity contribution in [3.8, 4) is 6.07 Å². The highest BCUT2D eigenvalue weighted by molar-refractivity contribution is 5.50. The summed E-state index contributed by atoms with van der Waals surface area (Å²) in [6, 6.07) is 9.76. The van der Waals surface area contributed by atoms with Gasteiger partial charge in [-0.3, -0.25) is 0 Å². The highest BCUT2D eigenvalue weighted by Crippen LogP contribution is 2.16. The summed E-state index contributed by atoms with van der Waals surface area (Å²) in [5, 5.41) is 8.87. The molecule has 2 rings (SSSR count). The van der Waals surface area contributed by atoms with Crippen LogP contribution in [-0.2, 0) is 9.47 Å². The van der Waals surface area contributed by atoms with Gasteiger partial charge < -0.3 is 14.4 Å². The molecule has 1 heterocycles. The van der Waals surface area contributed by atoms with E-state index in [0.717, 1.165) is 38.3 Å². The number of hydrogen-bond acceptors (Lipinski definition) is 4. The van der Waals surface area contributed by atoms with E-state index in [4.69, 9.17) is 14.7 Å². The molecule has 4 heteroatoms. The molecule has 18 heavy (non-hydrogen) atoms. The van der Waals surface area contributed by atoms with Crippen molar-refractivity contribution in [1.29, 1.82) is 5.26 Å². The summed E-state index contributed by atoms with van der Waals surface area (Å²) in [7, 11) is 2.01. The molecule has 0 saturated carbocycles. The van der Waals surface area contributed by atoms with Gasteiger partial charge in [0, 0.05) is 25.7 Å². The van der Waals surface area contributed by atoms with E-state index in [2.05, 4.69) is 11.0 Å². The molecule has 96 valence electrons. The molecule has 0 amide bonds. The first kappa shape index (κ1) is 12.9. The molecule has 0 aliphatic carbocycles. The maximum atomic E-state index is 8.87. The molecule has 0 bridgehead atoms. The Bertz CT molecular complexity index is 422. The standard InChI is InChI=1S/C14H18N2O2/c1-16(7-6-14-17-8-3-9-18-14)13-5-2-4-12(10-13)11-15/h2,4-5,10,14H,3,6-9H2,1H3. The Balaban J connectivity index is 1.86. The van der Waals surface area contributed by atoms with Crippen LogP contribution in [0.15, 0.2) is 24.3 Å². The van der Waals surface area contributed by atoms with Gasteiger partial charge in [0.15, 0.2) is 6.29 Å². The van der Waals surface area contributed by atoms with Gasteiger partial charge in [-0.1, -0.05) is 6.07 Å². The third-order valence-electron chi connectivity index (χ3n) is 3.01. The molecule has 0 atom stereocenters. The van der Waals surface area contributed by atoms with Gasteiger partial charge in [0.2, 0.25) is 0 Å². The average Bonchev–Trinajstić information content (AvgIpc) is 2.46. The lowest BCUT2D eigenvalue weighted by atomic mass is 10.2. The molecular formula is C14H18N2O2. The first-order chi connectivity index (χ1) is 8.79. The fourth-order valence-electron chi connectivity index (χ4n) is 1.94. The lowest BCUT2D eigenvalue weighted by Crippen LogP contribution is -2.30. The van der Waals surface area contributed by atoms with E-state index in [1.165, 1.54) is 0 Å². The number of nitrogens with zero attached hydrogens (tertiary/aromatic N) is 2. The fourth-order valence-corrected chi connectivity index (χ4v) is 1.94. The highest BCUT2D eigenvalue weighted by atomic mass is 16.7. The highest BCUT2D eigenvalue weighted by Gasteiger charge is 2.14. The largest absolute Gasteiger partial charge is 0.374 e. The van der Waals surface area contributed by atoms with Crippen molar-refractivity contribution in [2.75, 3.05) is 31.7 Å². The molecular weight excluding hydrogens is 228 g/mol. The normalized spacial score (nSPS) is 16.2. The van der Waals surface area contributed by atoms with Crippen LogP contribution in [0.3, 0.4) is 0 Å². The van der Waals surface area contributed by atoms with Gasteiger partial charge in [0.05, 0.1) is 24.8 Å². The van der Waals surface area contributed by atoms with Gasteiger partial charge in [-0.2, -0.15) is 5.26 Å². The molecule has 0 unspecified atom stereocenters. The topological polar surface area (TPSA) is 45.5 Å². The summed E-state index contributed by atoms with van der Waals surface area (Å²) in [6.07, 6.45) is 1.74. The molecule has 1 aromatic carbocycles. The number of hydrogen-bond donors (Lipinski definition) is 0. The SMILES string of the molecule is CN(CCC1OCCCO1)c1cccc(C#N)c1. The number of rotatable bonds is 4. The van der Waals surface area contributed by atoms with Gasteiger partial charge in [-0.25, -0.2) is 0 Å². The van der Waals surface area contributed by atoms with Crippen molar-refractivity contribution >= 4 is 5.69 Å². The minimum Gasteiger partial charge on any atom is -0.374 e. The second kappa shape index (κ2) is 6.39. The van der Waals surface area contributed by atoms with Crippen LogP contribution in [0.4, 0.5) is 5.69 Å². The van der Waals surface area contributed by atoms with Crippen LogP contribution >= 0.6 is 0 Å². The van der Waals surface area contributed by atoms with Crippen LogP contribution in [-0.4, -0.2) is 33.1 Å². The van der Waals surface area contributed by atoms with Crippen molar-refractivity contribution in [1.82, 2.24) is 0 Å². The molecule has 1 saturated heterocycles. The monoisotopic (exact) mass is 246 g/mol. The van der Waals surface area contributed by atoms with Gasteiger partial charge in [0.25, 0.3) is 0 Å². The van der Waals surface area contributed by atoms with E-state index >= 15 is 0 Å². The second-order valence-corrected chi connectivity index (χ2v) is 4.40. The summed E-state index contributed by atoms with van der Waals surface area (Å²) >= 11 is 0. The quantitative estimate of drug-likeness (QED) is 0.816. The molecule has 4 nitrogen and oxygen atoms in total. The molecule has 0 spiro atoms. The number of benzene rings is 1. The maximum Gasteiger partial charge on any atom is 0.159 e. The zero-order valence-corrected chi connectivity index (χ0v) is 10.6. The average molecular weight is 246 g/mol. The first-order valence-electron chi connectivity index (χ1n) is 6.24. The molecule has 0 N–H and O–H groups in total. The Hall–Kier alpha value is -1.57. The molecule has 1 aliphatic rings. The predicted octanol–water partition coefficient (Wildman–Crippen LogP) is 2.15. The van der Waals surface area contributed by atoms with E-state index in [9.17, 15) is 0 Å². The van der Waals surface area contributed by atoms with Gasteiger partial charge in [-0.05, 0) is 24.6 Å². The zero-order valence-electron chi connectivity index (χ0n) is 10.6. The van der Waals surface area contributed by atoms with Crippen LogP contribution in [0, 0.1) is 11.3 Å². The lowest BCUT2D eigenvalue weighted by molar-refractivity contribution is -0.179. The lowest BCUT2D eigenvalue weighted by Gasteiger charge is -2.26. The molecule has 0 radical (unpaired) electrons. The number of anilines is 1. The summed E-state index contributed by atoms with van der Waals surface area (Å²) in [4.78, 5) is 2.11. The minimum absolute atomic E-state index is 0.0830. The van der Waals surface area contributed by atoms with Crippen LogP contribution < -0.4 is 4.90 Å². The summed E-state index contributed by atoms with van der Waals surface area (Å²) < 4.78 is 11.0. The van der Waals surface area contributed by atoms with Crippen molar-refractivity contribution in [2.24, 2.45) is 0 Å². The Labute approximate surface area is 108 Å². The van der Waals surface area contributed by atoms with Crippen molar-refractivity contribution < 1.29 is 9.47 Å². The van der Waals surface area contributed by atoms with Crippen LogP contribution in [0.1, 0.15) is 18.4 Å². The molecule has 0 aromatic heterocycles. The van der Waals surface area contributed by atoms with E-state index in [0.29, 0.717) is 5.56 Å². The maximum absolute atomic E-state index is 8.87. The van der Waals surface area contributed by atoms with E-state index in [-0.39, 0.29) is 6.29 Å². The molecule has 1 aliphatic heterocycles. The number of ether oxygens (including phenoxy) is 2. The third-order valence-corrected chi connectivity index (χ3v) is 3.01. The Morgan fingerprint density at radius 1 is 1.39 bits per heavy atom. The Morgan fingerprint density at radius 3 is 2.89 bits per heavy atom. The van der Waals surface area contributed by atoms with Crippen LogP contribution in [0.5, 0.6) is 0 Å². The van der Waals surface area contributed by atoms with E-state index in [1.54, 1.807) is 0 Å². The number of nitriles is 1. The fraction of sp³-hybridized carbons (Fsp3) is 0.500. The first-order valence-corrected chi connectivity index (χ1v) is 6.24. The Morgan fingerprint density at radius 2 is 2.17 bits per heavy atom. The van der Waals surface area contributed by atoms with Gasteiger partial charge in [0.1, 0.15) is 0 Å². The van der Waals surface area contributed by atoms with Gasteiger partial charge >= 0.3 is 0 Å². The smallest absolute Gasteiger partial charge is 0.159 e. The second-order valence-electron chi connectivity index (χ2n) is 4.40. The summed E-state index contributed by atoms with van der Waals surface area (Å²) in [6.45, 7) is 2.43.